The summed E-state index contributed by atoms with van der Waals surface area (Å²) >= 11 is 0. The summed E-state index contributed by atoms with van der Waals surface area (Å²) in [7, 11) is 1.67. The zero-order valence-corrected chi connectivity index (χ0v) is 21.9. The van der Waals surface area contributed by atoms with Crippen molar-refractivity contribution in [2.24, 2.45) is 0 Å². The van der Waals surface area contributed by atoms with Gasteiger partial charge in [0.1, 0.15) is 11.5 Å². The zero-order valence-electron chi connectivity index (χ0n) is 21.9. The van der Waals surface area contributed by atoms with Crippen molar-refractivity contribution in [2.45, 2.75) is 19.3 Å². The van der Waals surface area contributed by atoms with Crippen LogP contribution in [0, 0.1) is 0 Å². The topological polar surface area (TPSA) is 61.8 Å². The Labute approximate surface area is 227 Å². The Morgan fingerprint density at radius 1 is 0.615 bits per heavy atom. The molecule has 0 amide bonds. The molecule has 5 rings (SSSR count). The summed E-state index contributed by atoms with van der Waals surface area (Å²) in [6.07, 6.45) is 0.805. The van der Waals surface area contributed by atoms with Crippen molar-refractivity contribution in [1.29, 1.82) is 0 Å². The summed E-state index contributed by atoms with van der Waals surface area (Å²) < 4.78 is 17.4. The first-order valence-electron chi connectivity index (χ1n) is 13.1. The monoisotopic (exact) mass is 518 g/mol. The lowest BCUT2D eigenvalue weighted by Crippen LogP contribution is -2.11. The van der Waals surface area contributed by atoms with E-state index >= 15 is 0 Å². The molecule has 196 valence electrons. The molecule has 0 aliphatic carbocycles. The third kappa shape index (κ3) is 6.00. The first-order chi connectivity index (χ1) is 19.2. The second-order valence-corrected chi connectivity index (χ2v) is 9.28. The van der Waals surface area contributed by atoms with Crippen molar-refractivity contribution in [3.05, 3.63) is 109 Å². The van der Waals surface area contributed by atoms with E-state index in [0.29, 0.717) is 30.3 Å². The molecule has 5 nitrogen and oxygen atoms in total. The zero-order chi connectivity index (χ0) is 27.0. The van der Waals surface area contributed by atoms with E-state index in [1.54, 1.807) is 19.2 Å². The Morgan fingerprint density at radius 2 is 1.21 bits per heavy atom. The molecule has 0 fully saturated rings. The third-order valence-electron chi connectivity index (χ3n) is 6.66. The lowest BCUT2D eigenvalue weighted by atomic mass is 9.92. The Bertz CT molecular complexity index is 1610. The van der Waals surface area contributed by atoms with Crippen LogP contribution in [0.3, 0.4) is 0 Å². The average Bonchev–Trinajstić information content (AvgIpc) is 2.98. The molecular weight excluding hydrogens is 488 g/mol. The minimum absolute atomic E-state index is 0.0179. The van der Waals surface area contributed by atoms with Crippen LogP contribution in [-0.2, 0) is 9.53 Å². The Morgan fingerprint density at radius 3 is 1.87 bits per heavy atom. The number of carbonyl (C=O) groups is 2. The minimum Gasteiger partial charge on any atom is -0.493 e. The molecule has 0 atom stereocenters. The normalized spacial score (nSPS) is 11.0. The molecule has 5 aromatic rings. The van der Waals surface area contributed by atoms with Gasteiger partial charge < -0.3 is 14.2 Å². The van der Waals surface area contributed by atoms with Crippen molar-refractivity contribution in [3.8, 4) is 22.6 Å². The molecule has 0 bridgehead atoms. The summed E-state index contributed by atoms with van der Waals surface area (Å²) in [5.74, 6) is 0.590. The summed E-state index contributed by atoms with van der Waals surface area (Å²) in [6.45, 7) is 1.09. The van der Waals surface area contributed by atoms with E-state index in [2.05, 4.69) is 12.1 Å². The van der Waals surface area contributed by atoms with Gasteiger partial charge in [-0.15, -0.1) is 0 Å². The Kier molecular flexibility index (Phi) is 8.29. The van der Waals surface area contributed by atoms with Crippen LogP contribution in [0.25, 0.3) is 32.7 Å². The number of ether oxygens (including phenoxy) is 3. The number of hydrogen-bond donors (Lipinski definition) is 0. The second-order valence-electron chi connectivity index (χ2n) is 9.28. The smallest absolute Gasteiger partial charge is 0.311 e. The van der Waals surface area contributed by atoms with E-state index in [-0.39, 0.29) is 18.6 Å². The van der Waals surface area contributed by atoms with Crippen LogP contribution in [0.5, 0.6) is 11.5 Å². The number of esters is 1. The molecule has 0 saturated heterocycles. The number of ketones is 1. The molecule has 0 saturated carbocycles. The number of fused-ring (bicyclic) bond motifs is 2. The number of hydrogen-bond acceptors (Lipinski definition) is 5. The van der Waals surface area contributed by atoms with Crippen LogP contribution >= 0.6 is 0 Å². The number of methoxy groups -OCH3 is 1. The van der Waals surface area contributed by atoms with Crippen LogP contribution in [0.4, 0.5) is 0 Å². The van der Waals surface area contributed by atoms with Gasteiger partial charge >= 0.3 is 5.97 Å². The van der Waals surface area contributed by atoms with Crippen LogP contribution in [0.1, 0.15) is 29.6 Å². The van der Waals surface area contributed by atoms with Crippen molar-refractivity contribution in [3.63, 3.8) is 0 Å². The van der Waals surface area contributed by atoms with Gasteiger partial charge in [0.15, 0.2) is 5.78 Å². The van der Waals surface area contributed by atoms with Gasteiger partial charge in [-0.3, -0.25) is 9.59 Å². The molecule has 0 heterocycles. The molecule has 0 radical (unpaired) electrons. The molecule has 0 aromatic heterocycles. The fourth-order valence-electron chi connectivity index (χ4n) is 4.77. The molecule has 0 unspecified atom stereocenters. The van der Waals surface area contributed by atoms with E-state index < -0.39 is 5.97 Å². The highest BCUT2D eigenvalue weighted by molar-refractivity contribution is 6.10. The number of benzene rings is 5. The number of rotatable bonds is 11. The van der Waals surface area contributed by atoms with Crippen molar-refractivity contribution < 1.29 is 23.8 Å². The van der Waals surface area contributed by atoms with Gasteiger partial charge in [0.2, 0.25) is 0 Å². The SMILES string of the molecule is COCCCOc1ccc2ccccc2c1-c1c(OC(=O)CCC(=O)c2ccccc2)ccc2ccccc12. The highest BCUT2D eigenvalue weighted by Gasteiger charge is 2.21. The van der Waals surface area contributed by atoms with Gasteiger partial charge in [0.25, 0.3) is 0 Å². The van der Waals surface area contributed by atoms with Crippen LogP contribution in [-0.4, -0.2) is 32.1 Å². The van der Waals surface area contributed by atoms with E-state index in [1.807, 2.05) is 78.9 Å². The van der Waals surface area contributed by atoms with Gasteiger partial charge in [-0.25, -0.2) is 0 Å². The molecule has 0 aliphatic rings. The first-order valence-corrected chi connectivity index (χ1v) is 13.1. The van der Waals surface area contributed by atoms with Gasteiger partial charge in [-0.2, -0.15) is 0 Å². The highest BCUT2D eigenvalue weighted by atomic mass is 16.5. The van der Waals surface area contributed by atoms with Crippen LogP contribution in [0.2, 0.25) is 0 Å². The summed E-state index contributed by atoms with van der Waals surface area (Å²) in [4.78, 5) is 25.6. The number of Topliss-reactive ketones (excluding diaryl/α,β-unsaturated/α-hetero) is 1. The standard InChI is InChI=1S/C34H30O5/c1-37-22-9-23-38-30-19-16-24-10-5-7-14-27(24)33(30)34-28-15-8-6-11-25(28)17-20-31(34)39-32(36)21-18-29(35)26-12-3-2-4-13-26/h2-8,10-17,19-20H,9,18,21-23H2,1H3. The van der Waals surface area contributed by atoms with Crippen LogP contribution in [0.15, 0.2) is 103 Å². The lowest BCUT2D eigenvalue weighted by Gasteiger charge is -2.19. The minimum atomic E-state index is -0.460. The third-order valence-corrected chi connectivity index (χ3v) is 6.66. The molecule has 0 aliphatic heterocycles. The predicted octanol–water partition coefficient (Wildman–Crippen LogP) is 7.64. The fraction of sp³-hybridized carbons (Fsp3) is 0.176. The molecule has 5 heteroatoms. The summed E-state index contributed by atoms with van der Waals surface area (Å²) in [6, 6.07) is 32.9. The van der Waals surface area contributed by atoms with Crippen molar-refractivity contribution >= 4 is 33.3 Å². The summed E-state index contributed by atoms with van der Waals surface area (Å²) in [5, 5.41) is 4.01. The largest absolute Gasteiger partial charge is 0.493 e. The highest BCUT2D eigenvalue weighted by Crippen LogP contribution is 2.45. The molecule has 39 heavy (non-hydrogen) atoms. The van der Waals surface area contributed by atoms with E-state index in [4.69, 9.17) is 14.2 Å². The quantitative estimate of drug-likeness (QED) is 0.0778. The molecule has 0 spiro atoms. The molecule has 5 aromatic carbocycles. The Hall–Kier alpha value is -4.48. The number of carbonyl (C=O) groups excluding carboxylic acids is 2. The average molecular weight is 519 g/mol. The second kappa shape index (κ2) is 12.4. The molecular formula is C34H30O5. The van der Waals surface area contributed by atoms with E-state index in [1.165, 1.54) is 0 Å². The maximum Gasteiger partial charge on any atom is 0.311 e. The summed E-state index contributed by atoms with van der Waals surface area (Å²) in [5.41, 5.74) is 2.24. The van der Waals surface area contributed by atoms with Gasteiger partial charge in [-0.05, 0) is 33.7 Å². The van der Waals surface area contributed by atoms with Crippen LogP contribution < -0.4 is 9.47 Å². The predicted molar refractivity (Wildman–Crippen MR) is 155 cm³/mol. The van der Waals surface area contributed by atoms with E-state index in [0.717, 1.165) is 39.1 Å². The lowest BCUT2D eigenvalue weighted by molar-refractivity contribution is -0.134. The van der Waals surface area contributed by atoms with Gasteiger partial charge in [0, 0.05) is 43.2 Å². The van der Waals surface area contributed by atoms with Crippen molar-refractivity contribution in [2.75, 3.05) is 20.3 Å². The molecule has 0 N–H and O–H groups in total. The first kappa shape index (κ1) is 26.1. The van der Waals surface area contributed by atoms with E-state index in [9.17, 15) is 9.59 Å². The maximum atomic E-state index is 13.0. The maximum absolute atomic E-state index is 13.0. The Balaban J connectivity index is 1.54. The van der Waals surface area contributed by atoms with Gasteiger partial charge in [-0.1, -0.05) is 91.0 Å². The van der Waals surface area contributed by atoms with Gasteiger partial charge in [0.05, 0.1) is 13.0 Å². The van der Waals surface area contributed by atoms with Crippen molar-refractivity contribution in [1.82, 2.24) is 0 Å². The fourth-order valence-corrected chi connectivity index (χ4v) is 4.77.